The van der Waals surface area contributed by atoms with Gasteiger partial charge in [0.25, 0.3) is 0 Å². The Morgan fingerprint density at radius 2 is 1.64 bits per heavy atom. The summed E-state index contributed by atoms with van der Waals surface area (Å²) in [4.78, 5) is 0.713. The van der Waals surface area contributed by atoms with Crippen molar-refractivity contribution in [1.82, 2.24) is 0 Å². The van der Waals surface area contributed by atoms with Crippen molar-refractivity contribution in [3.63, 3.8) is 0 Å². The summed E-state index contributed by atoms with van der Waals surface area (Å²) in [7, 11) is 0. The maximum absolute atomic E-state index is 11.7. The first-order valence-corrected chi connectivity index (χ1v) is 5.64. The van der Waals surface area contributed by atoms with Gasteiger partial charge in [-0.05, 0) is 39.8 Å². The van der Waals surface area contributed by atoms with Crippen molar-refractivity contribution in [3.8, 4) is 0 Å². The molecular formula is C11H16O2S. The minimum absolute atomic E-state index is 0.379. The van der Waals surface area contributed by atoms with Crippen molar-refractivity contribution in [2.75, 3.05) is 0 Å². The maximum atomic E-state index is 11.7. The Kier molecular flexibility index (Phi) is 3.45. The lowest BCUT2D eigenvalue weighted by Crippen LogP contribution is -2.20. The first kappa shape index (κ1) is 11.4. The molecular weight excluding hydrogens is 196 g/mol. The molecule has 1 aromatic carbocycles. The molecule has 1 atom stereocenters. The number of hydrogen-bond acceptors (Lipinski definition) is 2. The van der Waals surface area contributed by atoms with E-state index in [1.807, 2.05) is 52.0 Å². The van der Waals surface area contributed by atoms with Gasteiger partial charge in [-0.2, -0.15) is 0 Å². The zero-order valence-electron chi connectivity index (χ0n) is 9.03. The van der Waals surface area contributed by atoms with Gasteiger partial charge in [-0.3, -0.25) is 4.18 Å². The van der Waals surface area contributed by atoms with Crippen molar-refractivity contribution in [2.45, 2.75) is 38.2 Å². The van der Waals surface area contributed by atoms with Crippen molar-refractivity contribution < 1.29 is 8.39 Å². The molecule has 0 N–H and O–H groups in total. The summed E-state index contributed by atoms with van der Waals surface area (Å²) in [5, 5.41) is 0. The Morgan fingerprint density at radius 3 is 2.07 bits per heavy atom. The Labute approximate surface area is 88.0 Å². The van der Waals surface area contributed by atoms with Crippen LogP contribution in [0.2, 0.25) is 0 Å². The van der Waals surface area contributed by atoms with Crippen LogP contribution in [0.15, 0.2) is 29.2 Å². The fraction of sp³-hybridized carbons (Fsp3) is 0.455. The molecule has 0 saturated heterocycles. The summed E-state index contributed by atoms with van der Waals surface area (Å²) in [6.45, 7) is 7.66. The molecule has 0 amide bonds. The van der Waals surface area contributed by atoms with Crippen molar-refractivity contribution >= 4 is 11.1 Å². The minimum atomic E-state index is -1.36. The van der Waals surface area contributed by atoms with Crippen LogP contribution in [-0.4, -0.2) is 9.81 Å². The van der Waals surface area contributed by atoms with Gasteiger partial charge >= 0.3 is 0 Å². The third kappa shape index (κ3) is 3.60. The van der Waals surface area contributed by atoms with Crippen molar-refractivity contribution in [3.05, 3.63) is 29.8 Å². The van der Waals surface area contributed by atoms with Gasteiger partial charge in [0.05, 0.1) is 10.5 Å². The predicted molar refractivity (Wildman–Crippen MR) is 58.4 cm³/mol. The normalized spacial score (nSPS) is 14.0. The lowest BCUT2D eigenvalue weighted by Gasteiger charge is -2.17. The zero-order valence-corrected chi connectivity index (χ0v) is 9.85. The van der Waals surface area contributed by atoms with E-state index in [-0.39, 0.29) is 5.60 Å². The van der Waals surface area contributed by atoms with Crippen LogP contribution in [0.5, 0.6) is 0 Å². The van der Waals surface area contributed by atoms with Crippen molar-refractivity contribution in [2.24, 2.45) is 0 Å². The molecule has 2 nitrogen and oxygen atoms in total. The van der Waals surface area contributed by atoms with Crippen LogP contribution in [0.25, 0.3) is 0 Å². The molecule has 3 heteroatoms. The molecule has 1 aromatic rings. The molecule has 1 unspecified atom stereocenters. The largest absolute Gasteiger partial charge is 0.281 e. The molecule has 0 spiro atoms. The van der Waals surface area contributed by atoms with Crippen LogP contribution in [0.3, 0.4) is 0 Å². The molecule has 0 aromatic heterocycles. The summed E-state index contributed by atoms with van der Waals surface area (Å²) >= 11 is -1.36. The van der Waals surface area contributed by atoms with Gasteiger partial charge in [0, 0.05) is 0 Å². The van der Waals surface area contributed by atoms with E-state index in [0.717, 1.165) is 5.56 Å². The molecule has 0 aliphatic rings. The van der Waals surface area contributed by atoms with E-state index in [9.17, 15) is 4.21 Å². The Morgan fingerprint density at radius 1 is 1.14 bits per heavy atom. The van der Waals surface area contributed by atoms with Gasteiger partial charge in [0.1, 0.15) is 0 Å². The van der Waals surface area contributed by atoms with E-state index in [1.54, 1.807) is 0 Å². The maximum Gasteiger partial charge on any atom is 0.189 e. The molecule has 0 radical (unpaired) electrons. The SMILES string of the molecule is Cc1ccc(S(=O)OC(C)(C)C)cc1. The molecule has 0 saturated carbocycles. The number of rotatable bonds is 2. The number of aryl methyl sites for hydroxylation is 1. The fourth-order valence-electron chi connectivity index (χ4n) is 0.925. The van der Waals surface area contributed by atoms with Crippen LogP contribution < -0.4 is 0 Å². The fourth-order valence-corrected chi connectivity index (χ4v) is 1.83. The molecule has 0 aliphatic heterocycles. The van der Waals surface area contributed by atoms with Crippen LogP contribution >= 0.6 is 0 Å². The monoisotopic (exact) mass is 212 g/mol. The van der Waals surface area contributed by atoms with E-state index in [0.29, 0.717) is 4.90 Å². The van der Waals surface area contributed by atoms with Crippen LogP contribution in [0, 0.1) is 6.92 Å². The van der Waals surface area contributed by atoms with E-state index in [4.69, 9.17) is 4.18 Å². The second-order valence-electron chi connectivity index (χ2n) is 4.24. The average Bonchev–Trinajstić information content (AvgIpc) is 2.02. The molecule has 1 rings (SSSR count). The molecule has 0 fully saturated rings. The van der Waals surface area contributed by atoms with E-state index in [1.165, 1.54) is 0 Å². The first-order valence-electron chi connectivity index (χ1n) is 4.56. The second-order valence-corrected chi connectivity index (χ2v) is 5.35. The standard InChI is InChI=1S/C11H16O2S/c1-9-5-7-10(8-6-9)14(12)13-11(2,3)4/h5-8H,1-4H3. The lowest BCUT2D eigenvalue weighted by atomic mass is 10.2. The molecule has 78 valence electrons. The van der Waals surface area contributed by atoms with E-state index < -0.39 is 11.1 Å². The highest BCUT2D eigenvalue weighted by atomic mass is 32.2. The zero-order chi connectivity index (χ0) is 10.8. The topological polar surface area (TPSA) is 26.3 Å². The second kappa shape index (κ2) is 4.24. The van der Waals surface area contributed by atoms with Crippen LogP contribution in [0.4, 0.5) is 0 Å². The van der Waals surface area contributed by atoms with Gasteiger partial charge in [0.2, 0.25) is 0 Å². The summed E-state index contributed by atoms with van der Waals surface area (Å²) in [5.41, 5.74) is 0.775. The molecule has 0 aliphatic carbocycles. The summed E-state index contributed by atoms with van der Waals surface area (Å²) in [6, 6.07) is 7.52. The smallest absolute Gasteiger partial charge is 0.189 e. The highest BCUT2D eigenvalue weighted by molar-refractivity contribution is 7.80. The molecule has 0 heterocycles. The summed E-state index contributed by atoms with van der Waals surface area (Å²) in [6.07, 6.45) is 0. The predicted octanol–water partition coefficient (Wildman–Crippen LogP) is 2.83. The quantitative estimate of drug-likeness (QED) is 0.753. The Balaban J connectivity index is 2.76. The molecule has 14 heavy (non-hydrogen) atoms. The highest BCUT2D eigenvalue weighted by Crippen LogP contribution is 2.16. The van der Waals surface area contributed by atoms with Gasteiger partial charge in [-0.1, -0.05) is 17.7 Å². The summed E-state index contributed by atoms with van der Waals surface area (Å²) < 4.78 is 17.0. The number of benzene rings is 1. The van der Waals surface area contributed by atoms with Gasteiger partial charge in [0.15, 0.2) is 11.1 Å². The van der Waals surface area contributed by atoms with Gasteiger partial charge < -0.3 is 0 Å². The number of hydrogen-bond donors (Lipinski definition) is 0. The highest BCUT2D eigenvalue weighted by Gasteiger charge is 2.16. The van der Waals surface area contributed by atoms with E-state index >= 15 is 0 Å². The van der Waals surface area contributed by atoms with Crippen LogP contribution in [0.1, 0.15) is 26.3 Å². The van der Waals surface area contributed by atoms with Gasteiger partial charge in [-0.25, -0.2) is 4.21 Å². The van der Waals surface area contributed by atoms with E-state index in [2.05, 4.69) is 0 Å². The van der Waals surface area contributed by atoms with Crippen molar-refractivity contribution in [1.29, 1.82) is 0 Å². The third-order valence-corrected chi connectivity index (χ3v) is 2.85. The Hall–Kier alpha value is -0.670. The van der Waals surface area contributed by atoms with Crippen LogP contribution in [-0.2, 0) is 15.3 Å². The first-order chi connectivity index (χ1) is 6.38. The average molecular weight is 212 g/mol. The minimum Gasteiger partial charge on any atom is -0.281 e. The van der Waals surface area contributed by atoms with Gasteiger partial charge in [-0.15, -0.1) is 0 Å². The summed E-state index contributed by atoms with van der Waals surface area (Å²) in [5.74, 6) is 0. The molecule has 0 bridgehead atoms. The third-order valence-electron chi connectivity index (χ3n) is 1.54. The Bertz CT molecular complexity index is 322. The lowest BCUT2D eigenvalue weighted by molar-refractivity contribution is 0.152.